The second-order valence-electron chi connectivity index (χ2n) is 6.15. The van der Waals surface area contributed by atoms with Crippen LogP contribution in [-0.2, 0) is 18.5 Å². The summed E-state index contributed by atoms with van der Waals surface area (Å²) in [5.74, 6) is 0.702. The van der Waals surface area contributed by atoms with Crippen molar-refractivity contribution in [2.24, 2.45) is 0 Å². The van der Waals surface area contributed by atoms with Gasteiger partial charge >= 0.3 is 5.82 Å². The number of aromatic nitrogens is 3. The third kappa shape index (κ3) is 4.04. The minimum absolute atomic E-state index is 0. The maximum Gasteiger partial charge on any atom is 0.343 e. The summed E-state index contributed by atoms with van der Waals surface area (Å²) in [6, 6.07) is 4.18. The Hall–Kier alpha value is -1.95. The minimum Gasteiger partial charge on any atom is -1.00 e. The van der Waals surface area contributed by atoms with Gasteiger partial charge in [-0.05, 0) is 15.9 Å². The van der Waals surface area contributed by atoms with Crippen molar-refractivity contribution in [1.29, 1.82) is 0 Å². The van der Waals surface area contributed by atoms with Gasteiger partial charge in [0.05, 0.1) is 0 Å². The van der Waals surface area contributed by atoms with E-state index in [1.54, 1.807) is 11.5 Å². The van der Waals surface area contributed by atoms with Crippen molar-refractivity contribution in [3.8, 4) is 0 Å². The van der Waals surface area contributed by atoms with Crippen LogP contribution in [0.4, 0.5) is 5.82 Å². The lowest BCUT2D eigenvalue weighted by Gasteiger charge is -2.17. The highest BCUT2D eigenvalue weighted by atomic mass is 35.5. The van der Waals surface area contributed by atoms with Gasteiger partial charge in [0, 0.05) is 19.1 Å². The molecule has 2 aromatic rings. The average molecular weight is 325 g/mol. The molecule has 0 amide bonds. The van der Waals surface area contributed by atoms with Crippen molar-refractivity contribution in [3.05, 3.63) is 52.2 Å². The van der Waals surface area contributed by atoms with Crippen molar-refractivity contribution in [2.75, 3.05) is 0 Å². The fourth-order valence-electron chi connectivity index (χ4n) is 2.20. The molecule has 2 aromatic heterocycles. The summed E-state index contributed by atoms with van der Waals surface area (Å²) < 4.78 is 3.66. The summed E-state index contributed by atoms with van der Waals surface area (Å²) in [5, 5.41) is 10.9. The van der Waals surface area contributed by atoms with Crippen LogP contribution in [-0.4, -0.2) is 14.5 Å². The highest BCUT2D eigenvalue weighted by Crippen LogP contribution is 2.20. The molecule has 2 heterocycles. The molecule has 0 saturated carbocycles. The van der Waals surface area contributed by atoms with Crippen molar-refractivity contribution >= 4 is 5.82 Å². The van der Waals surface area contributed by atoms with Crippen LogP contribution in [0.25, 0.3) is 0 Å². The zero-order chi connectivity index (χ0) is 15.6. The standard InChI is InChI=1S/C15H21N4O2.ClH/c1-12-16-11-14(19(20)21)18(12)10-9-17-7-5-13(6-8-17)15(2,3)4;/h5-8,11H,9-10H2,1-4H3;1H/q+1;/p-1. The number of nitro groups is 1. The van der Waals surface area contributed by atoms with Gasteiger partial charge in [-0.3, -0.25) is 0 Å². The lowest BCUT2D eigenvalue weighted by atomic mass is 9.88. The minimum atomic E-state index is -0.395. The van der Waals surface area contributed by atoms with Gasteiger partial charge in [-0.2, -0.15) is 0 Å². The molecule has 0 atom stereocenters. The normalized spacial score (nSPS) is 11.1. The first-order valence-electron chi connectivity index (χ1n) is 6.95. The highest BCUT2D eigenvalue weighted by molar-refractivity contribution is 5.19. The van der Waals surface area contributed by atoms with E-state index in [1.807, 2.05) is 17.0 Å². The number of hydrogen-bond acceptors (Lipinski definition) is 3. The molecule has 0 bridgehead atoms. The second kappa shape index (κ2) is 6.87. The van der Waals surface area contributed by atoms with Crippen LogP contribution in [0.2, 0.25) is 0 Å². The van der Waals surface area contributed by atoms with Crippen molar-refractivity contribution < 1.29 is 21.9 Å². The molecule has 6 nitrogen and oxygen atoms in total. The Bertz CT molecular complexity index is 645. The molecule has 2 rings (SSSR count). The van der Waals surface area contributed by atoms with Crippen molar-refractivity contribution in [1.82, 2.24) is 9.55 Å². The van der Waals surface area contributed by atoms with Gasteiger partial charge in [-0.25, -0.2) is 14.1 Å². The average Bonchev–Trinajstić information content (AvgIpc) is 2.77. The largest absolute Gasteiger partial charge is 1.00 e. The molecule has 0 aliphatic carbocycles. The lowest BCUT2D eigenvalue weighted by Crippen LogP contribution is -3.00. The molecule has 0 saturated heterocycles. The first-order chi connectivity index (χ1) is 9.79. The van der Waals surface area contributed by atoms with Gasteiger partial charge in [0.2, 0.25) is 0 Å². The predicted molar refractivity (Wildman–Crippen MR) is 79.0 cm³/mol. The van der Waals surface area contributed by atoms with Gasteiger partial charge in [0.15, 0.2) is 31.3 Å². The lowest BCUT2D eigenvalue weighted by molar-refractivity contribution is -0.698. The highest BCUT2D eigenvalue weighted by Gasteiger charge is 2.19. The third-order valence-corrected chi connectivity index (χ3v) is 3.56. The van der Waals surface area contributed by atoms with E-state index in [0.29, 0.717) is 18.9 Å². The van der Waals surface area contributed by atoms with Crippen molar-refractivity contribution in [3.63, 3.8) is 0 Å². The summed E-state index contributed by atoms with van der Waals surface area (Å²) >= 11 is 0. The summed E-state index contributed by atoms with van der Waals surface area (Å²) in [7, 11) is 0. The Kier molecular flexibility index (Phi) is 5.65. The number of hydrogen-bond donors (Lipinski definition) is 0. The summed E-state index contributed by atoms with van der Waals surface area (Å²) in [4.78, 5) is 14.6. The SMILES string of the molecule is Cc1ncc([N+](=O)[O-])n1CC[n+]1ccc(C(C)(C)C)cc1.[Cl-]. The van der Waals surface area contributed by atoms with Gasteiger partial charge in [-0.15, -0.1) is 0 Å². The van der Waals surface area contributed by atoms with E-state index in [2.05, 4.69) is 37.9 Å². The van der Waals surface area contributed by atoms with E-state index in [1.165, 1.54) is 11.8 Å². The van der Waals surface area contributed by atoms with Crippen LogP contribution in [0.5, 0.6) is 0 Å². The quantitative estimate of drug-likeness (QED) is 0.428. The van der Waals surface area contributed by atoms with Crippen molar-refractivity contribution in [2.45, 2.75) is 46.2 Å². The number of imidazole rings is 1. The van der Waals surface area contributed by atoms with Crippen LogP contribution in [0.3, 0.4) is 0 Å². The molecule has 0 unspecified atom stereocenters. The second-order valence-corrected chi connectivity index (χ2v) is 6.15. The van der Waals surface area contributed by atoms with E-state index in [9.17, 15) is 10.1 Å². The Morgan fingerprint density at radius 2 is 1.91 bits per heavy atom. The Balaban J connectivity index is 0.00000242. The molecule has 7 heteroatoms. The van der Waals surface area contributed by atoms with Crippen LogP contribution in [0.1, 0.15) is 32.2 Å². The molecule has 0 radical (unpaired) electrons. The molecule has 0 spiro atoms. The molecule has 120 valence electrons. The monoisotopic (exact) mass is 324 g/mol. The van der Waals surface area contributed by atoms with E-state index >= 15 is 0 Å². The fraction of sp³-hybridized carbons (Fsp3) is 0.467. The molecule has 0 aromatic carbocycles. The number of nitrogens with zero attached hydrogens (tertiary/aromatic N) is 4. The Morgan fingerprint density at radius 3 is 2.41 bits per heavy atom. The van der Waals surface area contributed by atoms with Crippen LogP contribution in [0, 0.1) is 17.0 Å². The molecular formula is C15H21ClN4O2. The number of aryl methyl sites for hydroxylation is 2. The van der Waals surface area contributed by atoms with E-state index < -0.39 is 4.92 Å². The first kappa shape index (κ1) is 18.1. The maximum atomic E-state index is 10.9. The Morgan fingerprint density at radius 1 is 1.32 bits per heavy atom. The fourth-order valence-corrected chi connectivity index (χ4v) is 2.20. The predicted octanol–water partition coefficient (Wildman–Crippen LogP) is -0.611. The van der Waals surface area contributed by atoms with Crippen LogP contribution in [0.15, 0.2) is 30.7 Å². The van der Waals surface area contributed by atoms with Crippen LogP contribution < -0.4 is 17.0 Å². The number of rotatable bonds is 4. The summed E-state index contributed by atoms with van der Waals surface area (Å²) in [6.45, 7) is 9.49. The van der Waals surface area contributed by atoms with E-state index in [4.69, 9.17) is 0 Å². The van der Waals surface area contributed by atoms with E-state index in [-0.39, 0.29) is 23.6 Å². The van der Waals surface area contributed by atoms with Gasteiger partial charge in [0.1, 0.15) is 6.20 Å². The van der Waals surface area contributed by atoms with Gasteiger partial charge in [0.25, 0.3) is 0 Å². The summed E-state index contributed by atoms with van der Waals surface area (Å²) in [5.41, 5.74) is 1.39. The molecule has 0 aliphatic rings. The van der Waals surface area contributed by atoms with E-state index in [0.717, 1.165) is 0 Å². The van der Waals surface area contributed by atoms with Gasteiger partial charge < -0.3 is 22.5 Å². The van der Waals surface area contributed by atoms with Crippen LogP contribution >= 0.6 is 0 Å². The molecule has 0 N–H and O–H groups in total. The summed E-state index contributed by atoms with van der Waals surface area (Å²) in [6.07, 6.45) is 5.33. The Labute approximate surface area is 136 Å². The first-order valence-corrected chi connectivity index (χ1v) is 6.95. The molecule has 0 aliphatic heterocycles. The zero-order valence-corrected chi connectivity index (χ0v) is 14.0. The topological polar surface area (TPSA) is 64.8 Å². The molecule has 0 fully saturated rings. The number of halogens is 1. The zero-order valence-electron chi connectivity index (χ0n) is 13.3. The smallest absolute Gasteiger partial charge is 0.343 e. The molecular weight excluding hydrogens is 304 g/mol. The third-order valence-electron chi connectivity index (χ3n) is 3.56. The van der Waals surface area contributed by atoms with Gasteiger partial charge in [-0.1, -0.05) is 20.8 Å². The molecule has 22 heavy (non-hydrogen) atoms. The maximum absolute atomic E-state index is 10.9. The number of pyridine rings is 1.